The summed E-state index contributed by atoms with van der Waals surface area (Å²) in [6.07, 6.45) is -4.24. The van der Waals surface area contributed by atoms with Crippen molar-refractivity contribution in [1.82, 2.24) is 0 Å². The molecule has 122 valence electrons. The Morgan fingerprint density at radius 2 is 2.00 bits per heavy atom. The molecule has 0 aliphatic carbocycles. The fourth-order valence-electron chi connectivity index (χ4n) is 2.52. The molecule has 2 rings (SSSR count). The molecule has 0 saturated carbocycles. The van der Waals surface area contributed by atoms with Gasteiger partial charge in [-0.05, 0) is 12.8 Å². The number of hydrogen-bond donors (Lipinski definition) is 2. The Hall–Kier alpha value is -0.770. The molecular formula is C13H22O8. The number of aliphatic hydroxyl groups is 2. The molecule has 8 nitrogen and oxygen atoms in total. The van der Waals surface area contributed by atoms with E-state index in [0.717, 1.165) is 12.8 Å². The van der Waals surface area contributed by atoms with E-state index in [1.54, 1.807) is 0 Å². The van der Waals surface area contributed by atoms with Crippen molar-refractivity contribution in [2.45, 2.75) is 49.7 Å². The number of rotatable bonds is 5. The van der Waals surface area contributed by atoms with Gasteiger partial charge in [-0.15, -0.1) is 0 Å². The van der Waals surface area contributed by atoms with Crippen LogP contribution in [-0.2, 0) is 28.5 Å². The van der Waals surface area contributed by atoms with Gasteiger partial charge in [0.05, 0.1) is 6.10 Å². The number of carbonyl (C=O) groups is 1. The van der Waals surface area contributed by atoms with Gasteiger partial charge in [0, 0.05) is 20.8 Å². The van der Waals surface area contributed by atoms with Gasteiger partial charge in [0.1, 0.15) is 24.9 Å². The maximum Gasteiger partial charge on any atom is 0.338 e. The first-order valence-electron chi connectivity index (χ1n) is 6.94. The summed E-state index contributed by atoms with van der Waals surface area (Å²) in [5, 5.41) is 19.8. The van der Waals surface area contributed by atoms with Crippen LogP contribution in [0.15, 0.2) is 0 Å². The summed E-state index contributed by atoms with van der Waals surface area (Å²) in [5.41, 5.74) is 0. The molecule has 0 amide bonds. The Bertz CT molecular complexity index is 343. The van der Waals surface area contributed by atoms with Crippen LogP contribution in [-0.4, -0.2) is 80.4 Å². The maximum absolute atomic E-state index is 12.1. The van der Waals surface area contributed by atoms with Crippen LogP contribution in [0.25, 0.3) is 0 Å². The summed E-state index contributed by atoms with van der Waals surface area (Å²) in [5.74, 6) is -0.676. The van der Waals surface area contributed by atoms with Gasteiger partial charge >= 0.3 is 5.97 Å². The SMILES string of the molecule is CO[C@@H]1OC(C(=O)OCC2CCCO2)[C@@H](OC)[C@H](O)[C@@H]1O. The zero-order chi connectivity index (χ0) is 15.4. The molecule has 2 unspecified atom stereocenters. The van der Waals surface area contributed by atoms with Gasteiger partial charge in [-0.3, -0.25) is 0 Å². The molecule has 2 heterocycles. The van der Waals surface area contributed by atoms with E-state index in [9.17, 15) is 15.0 Å². The predicted octanol–water partition coefficient (Wildman–Crippen LogP) is -1.18. The largest absolute Gasteiger partial charge is 0.461 e. The van der Waals surface area contributed by atoms with Crippen LogP contribution in [0, 0.1) is 0 Å². The average molecular weight is 306 g/mol. The minimum absolute atomic E-state index is 0.104. The van der Waals surface area contributed by atoms with Crippen LogP contribution in [0.3, 0.4) is 0 Å². The number of methoxy groups -OCH3 is 2. The Labute approximate surface area is 122 Å². The summed E-state index contributed by atoms with van der Waals surface area (Å²) in [6, 6.07) is 0. The first kappa shape index (κ1) is 16.6. The second kappa shape index (κ2) is 7.48. The summed E-state index contributed by atoms with van der Waals surface area (Å²) in [6.45, 7) is 0.797. The van der Waals surface area contributed by atoms with Crippen LogP contribution >= 0.6 is 0 Å². The molecule has 0 bridgehead atoms. The van der Waals surface area contributed by atoms with Gasteiger partial charge in [0.2, 0.25) is 0 Å². The van der Waals surface area contributed by atoms with Gasteiger partial charge in [-0.25, -0.2) is 4.79 Å². The lowest BCUT2D eigenvalue weighted by molar-refractivity contribution is -0.292. The van der Waals surface area contributed by atoms with Gasteiger partial charge in [-0.1, -0.05) is 0 Å². The number of aliphatic hydroxyl groups excluding tert-OH is 2. The molecule has 2 N–H and O–H groups in total. The van der Waals surface area contributed by atoms with Crippen molar-refractivity contribution in [2.75, 3.05) is 27.4 Å². The zero-order valence-electron chi connectivity index (χ0n) is 12.1. The standard InChI is InChI=1S/C13H22O8/c1-17-10-8(14)9(15)13(18-2)21-11(10)12(16)20-6-7-4-3-5-19-7/h7-11,13-15H,3-6H2,1-2H3/t7?,8-,9+,10+,11?,13-/m1/s1. The lowest BCUT2D eigenvalue weighted by Crippen LogP contribution is -2.61. The number of hydrogen-bond acceptors (Lipinski definition) is 8. The van der Waals surface area contributed by atoms with Crippen LogP contribution < -0.4 is 0 Å². The zero-order valence-corrected chi connectivity index (χ0v) is 12.1. The quantitative estimate of drug-likeness (QED) is 0.612. The molecule has 0 radical (unpaired) electrons. The minimum Gasteiger partial charge on any atom is -0.461 e. The molecule has 2 fully saturated rings. The van der Waals surface area contributed by atoms with Crippen molar-refractivity contribution in [3.63, 3.8) is 0 Å². The van der Waals surface area contributed by atoms with Gasteiger partial charge in [-0.2, -0.15) is 0 Å². The fraction of sp³-hybridized carbons (Fsp3) is 0.923. The summed E-state index contributed by atoms with van der Waals surface area (Å²) in [4.78, 5) is 12.1. The third kappa shape index (κ3) is 3.71. The summed E-state index contributed by atoms with van der Waals surface area (Å²) >= 11 is 0. The lowest BCUT2D eigenvalue weighted by Gasteiger charge is -2.40. The highest BCUT2D eigenvalue weighted by atomic mass is 16.7. The Kier molecular flexibility index (Phi) is 5.91. The smallest absolute Gasteiger partial charge is 0.338 e. The average Bonchev–Trinajstić information content (AvgIpc) is 3.00. The maximum atomic E-state index is 12.1. The number of carbonyl (C=O) groups excluding carboxylic acids is 1. The summed E-state index contributed by atoms with van der Waals surface area (Å²) < 4.78 is 25.8. The Morgan fingerprint density at radius 3 is 2.57 bits per heavy atom. The molecule has 0 aromatic rings. The second-order valence-electron chi connectivity index (χ2n) is 5.11. The highest BCUT2D eigenvalue weighted by Gasteiger charge is 2.48. The van der Waals surface area contributed by atoms with Crippen LogP contribution in [0.5, 0.6) is 0 Å². The molecule has 0 spiro atoms. The molecule has 8 heteroatoms. The van der Waals surface area contributed by atoms with Gasteiger partial charge in [0.15, 0.2) is 12.4 Å². The third-order valence-corrected chi connectivity index (χ3v) is 3.72. The van der Waals surface area contributed by atoms with Crippen LogP contribution in [0.4, 0.5) is 0 Å². The number of esters is 1. The Balaban J connectivity index is 1.95. The highest BCUT2D eigenvalue weighted by molar-refractivity contribution is 5.75. The van der Waals surface area contributed by atoms with E-state index in [4.69, 9.17) is 23.7 Å². The predicted molar refractivity (Wildman–Crippen MR) is 68.4 cm³/mol. The topological polar surface area (TPSA) is 104 Å². The molecule has 6 atom stereocenters. The van der Waals surface area contributed by atoms with E-state index >= 15 is 0 Å². The molecule has 2 aliphatic heterocycles. The van der Waals surface area contributed by atoms with Crippen LogP contribution in [0.1, 0.15) is 12.8 Å². The van der Waals surface area contributed by atoms with E-state index in [1.165, 1.54) is 14.2 Å². The second-order valence-corrected chi connectivity index (χ2v) is 5.11. The first-order valence-corrected chi connectivity index (χ1v) is 6.94. The van der Waals surface area contributed by atoms with E-state index in [1.807, 2.05) is 0 Å². The Morgan fingerprint density at radius 1 is 1.24 bits per heavy atom. The monoisotopic (exact) mass is 306 g/mol. The van der Waals surface area contributed by atoms with Gasteiger partial charge < -0.3 is 33.9 Å². The number of ether oxygens (including phenoxy) is 5. The van der Waals surface area contributed by atoms with E-state index < -0.39 is 36.7 Å². The lowest BCUT2D eigenvalue weighted by atomic mass is 9.98. The fourth-order valence-corrected chi connectivity index (χ4v) is 2.52. The molecule has 2 aliphatic rings. The molecular weight excluding hydrogens is 284 g/mol. The van der Waals surface area contributed by atoms with Crippen molar-refractivity contribution in [3.05, 3.63) is 0 Å². The van der Waals surface area contributed by atoms with E-state index in [2.05, 4.69) is 0 Å². The van der Waals surface area contributed by atoms with E-state index in [0.29, 0.717) is 6.61 Å². The first-order chi connectivity index (χ1) is 10.1. The van der Waals surface area contributed by atoms with Crippen molar-refractivity contribution < 1.29 is 38.7 Å². The molecule has 0 aromatic heterocycles. The minimum atomic E-state index is -1.31. The van der Waals surface area contributed by atoms with Gasteiger partial charge in [0.25, 0.3) is 0 Å². The molecule has 0 aromatic carbocycles. The molecule has 2 saturated heterocycles. The third-order valence-electron chi connectivity index (χ3n) is 3.72. The van der Waals surface area contributed by atoms with Crippen LogP contribution in [0.2, 0.25) is 0 Å². The van der Waals surface area contributed by atoms with Crippen molar-refractivity contribution in [1.29, 1.82) is 0 Å². The van der Waals surface area contributed by atoms with Crippen molar-refractivity contribution in [3.8, 4) is 0 Å². The highest BCUT2D eigenvalue weighted by Crippen LogP contribution is 2.25. The van der Waals surface area contributed by atoms with Crippen molar-refractivity contribution >= 4 is 5.97 Å². The normalized spacial score (nSPS) is 40.2. The summed E-state index contributed by atoms with van der Waals surface area (Å²) in [7, 11) is 2.62. The molecule has 21 heavy (non-hydrogen) atoms. The van der Waals surface area contributed by atoms with Crippen molar-refractivity contribution in [2.24, 2.45) is 0 Å². The van der Waals surface area contributed by atoms with E-state index in [-0.39, 0.29) is 12.7 Å².